The standard InChI is InChI=1S/C9H14N2/c1-7(2)11-9-8(3)5-4-6-10-9/h1,3-6H2,2H3,(H,10,11). The van der Waals surface area contributed by atoms with Gasteiger partial charge in [-0.05, 0) is 25.3 Å². The summed E-state index contributed by atoms with van der Waals surface area (Å²) >= 11 is 0. The van der Waals surface area contributed by atoms with Gasteiger partial charge in [0.2, 0.25) is 0 Å². The van der Waals surface area contributed by atoms with E-state index >= 15 is 0 Å². The molecule has 0 aliphatic carbocycles. The molecule has 0 bridgehead atoms. The van der Waals surface area contributed by atoms with Crippen molar-refractivity contribution in [2.24, 2.45) is 4.99 Å². The van der Waals surface area contributed by atoms with Gasteiger partial charge in [-0.3, -0.25) is 4.99 Å². The average Bonchev–Trinajstić information content (AvgIpc) is 1.93. The summed E-state index contributed by atoms with van der Waals surface area (Å²) in [5, 5.41) is 3.09. The van der Waals surface area contributed by atoms with Gasteiger partial charge in [0, 0.05) is 12.2 Å². The first-order chi connectivity index (χ1) is 5.20. The zero-order valence-corrected chi connectivity index (χ0v) is 6.98. The third-order valence-electron chi connectivity index (χ3n) is 1.57. The van der Waals surface area contributed by atoms with Crippen LogP contribution in [0.3, 0.4) is 0 Å². The van der Waals surface area contributed by atoms with E-state index in [2.05, 4.69) is 23.5 Å². The van der Waals surface area contributed by atoms with Crippen LogP contribution in [0, 0.1) is 0 Å². The normalized spacial score (nSPS) is 17.5. The fourth-order valence-electron chi connectivity index (χ4n) is 1.04. The lowest BCUT2D eigenvalue weighted by Gasteiger charge is -2.15. The van der Waals surface area contributed by atoms with E-state index in [1.165, 1.54) is 0 Å². The molecule has 0 saturated carbocycles. The van der Waals surface area contributed by atoms with Crippen molar-refractivity contribution >= 4 is 5.84 Å². The van der Waals surface area contributed by atoms with E-state index in [4.69, 9.17) is 0 Å². The molecule has 0 fully saturated rings. The van der Waals surface area contributed by atoms with E-state index < -0.39 is 0 Å². The Hall–Kier alpha value is -1.05. The Morgan fingerprint density at radius 2 is 2.36 bits per heavy atom. The molecule has 0 radical (unpaired) electrons. The van der Waals surface area contributed by atoms with E-state index in [1.807, 2.05) is 6.92 Å². The van der Waals surface area contributed by atoms with Gasteiger partial charge in [-0.1, -0.05) is 13.2 Å². The van der Waals surface area contributed by atoms with Gasteiger partial charge in [-0.2, -0.15) is 0 Å². The van der Waals surface area contributed by atoms with Crippen molar-refractivity contribution in [3.63, 3.8) is 0 Å². The zero-order valence-electron chi connectivity index (χ0n) is 6.98. The summed E-state index contributed by atoms with van der Waals surface area (Å²) in [4.78, 5) is 4.30. The molecule has 0 spiro atoms. The van der Waals surface area contributed by atoms with Crippen LogP contribution in [0.25, 0.3) is 0 Å². The fourth-order valence-corrected chi connectivity index (χ4v) is 1.04. The second-order valence-electron chi connectivity index (χ2n) is 2.84. The van der Waals surface area contributed by atoms with Crippen LogP contribution >= 0.6 is 0 Å². The molecule has 2 heteroatoms. The number of nitrogens with zero attached hydrogens (tertiary/aromatic N) is 1. The third kappa shape index (κ3) is 2.22. The van der Waals surface area contributed by atoms with E-state index in [0.717, 1.165) is 36.5 Å². The number of amidine groups is 1. The highest BCUT2D eigenvalue weighted by Crippen LogP contribution is 2.10. The van der Waals surface area contributed by atoms with E-state index in [9.17, 15) is 0 Å². The Labute approximate surface area is 67.7 Å². The minimum Gasteiger partial charge on any atom is -0.345 e. The van der Waals surface area contributed by atoms with Crippen molar-refractivity contribution in [1.82, 2.24) is 5.32 Å². The maximum Gasteiger partial charge on any atom is 0.127 e. The van der Waals surface area contributed by atoms with Crippen LogP contribution in [0.5, 0.6) is 0 Å². The lowest BCUT2D eigenvalue weighted by Crippen LogP contribution is -2.25. The lowest BCUT2D eigenvalue weighted by atomic mass is 10.1. The number of nitrogens with one attached hydrogen (secondary N) is 1. The lowest BCUT2D eigenvalue weighted by molar-refractivity contribution is 0.802. The van der Waals surface area contributed by atoms with E-state index in [1.54, 1.807) is 0 Å². The average molecular weight is 150 g/mol. The van der Waals surface area contributed by atoms with E-state index in [0.29, 0.717) is 0 Å². The Morgan fingerprint density at radius 3 is 2.91 bits per heavy atom. The molecular weight excluding hydrogens is 136 g/mol. The van der Waals surface area contributed by atoms with Gasteiger partial charge in [0.1, 0.15) is 5.84 Å². The minimum absolute atomic E-state index is 0.911. The second kappa shape index (κ2) is 3.37. The van der Waals surface area contributed by atoms with Crippen molar-refractivity contribution in [2.75, 3.05) is 6.54 Å². The molecular formula is C9H14N2. The summed E-state index contributed by atoms with van der Waals surface area (Å²) in [7, 11) is 0. The predicted molar refractivity (Wildman–Crippen MR) is 48.6 cm³/mol. The quantitative estimate of drug-likeness (QED) is 0.606. The smallest absolute Gasteiger partial charge is 0.127 e. The van der Waals surface area contributed by atoms with Gasteiger partial charge >= 0.3 is 0 Å². The van der Waals surface area contributed by atoms with E-state index in [-0.39, 0.29) is 0 Å². The van der Waals surface area contributed by atoms with Crippen LogP contribution in [-0.2, 0) is 0 Å². The molecule has 1 aliphatic heterocycles. The Kier molecular flexibility index (Phi) is 2.47. The first kappa shape index (κ1) is 8.05. The zero-order chi connectivity index (χ0) is 8.27. The van der Waals surface area contributed by atoms with Crippen LogP contribution in [0.4, 0.5) is 0 Å². The summed E-state index contributed by atoms with van der Waals surface area (Å²) < 4.78 is 0. The van der Waals surface area contributed by atoms with Gasteiger partial charge in [-0.25, -0.2) is 0 Å². The summed E-state index contributed by atoms with van der Waals surface area (Å²) in [6.07, 6.45) is 2.18. The Morgan fingerprint density at radius 1 is 1.64 bits per heavy atom. The van der Waals surface area contributed by atoms with Crippen LogP contribution in [-0.4, -0.2) is 12.4 Å². The molecule has 0 aromatic rings. The maximum absolute atomic E-state index is 4.30. The van der Waals surface area contributed by atoms with Crippen molar-refractivity contribution in [2.45, 2.75) is 19.8 Å². The minimum atomic E-state index is 0.911. The molecule has 1 heterocycles. The number of rotatable bonds is 1. The predicted octanol–water partition coefficient (Wildman–Crippen LogP) is 1.86. The Balaban J connectivity index is 2.61. The van der Waals surface area contributed by atoms with Crippen LogP contribution in [0.1, 0.15) is 19.8 Å². The molecule has 0 unspecified atom stereocenters. The molecule has 1 N–H and O–H groups in total. The first-order valence-electron chi connectivity index (χ1n) is 3.85. The molecule has 0 amide bonds. The monoisotopic (exact) mass is 150 g/mol. The summed E-state index contributed by atoms with van der Waals surface area (Å²) in [5.74, 6) is 0.920. The summed E-state index contributed by atoms with van der Waals surface area (Å²) in [5.41, 5.74) is 2.02. The molecule has 11 heavy (non-hydrogen) atoms. The van der Waals surface area contributed by atoms with Gasteiger partial charge in [0.15, 0.2) is 0 Å². The van der Waals surface area contributed by atoms with Crippen molar-refractivity contribution in [3.05, 3.63) is 24.4 Å². The second-order valence-corrected chi connectivity index (χ2v) is 2.84. The highest BCUT2D eigenvalue weighted by molar-refractivity contribution is 5.99. The van der Waals surface area contributed by atoms with Crippen molar-refractivity contribution in [3.8, 4) is 0 Å². The highest BCUT2D eigenvalue weighted by Gasteiger charge is 2.08. The Bertz CT molecular complexity index is 214. The molecule has 1 rings (SSSR count). The SMILES string of the molecule is C=C(C)NC1=NCCCC1=C. The highest BCUT2D eigenvalue weighted by atomic mass is 15.0. The largest absolute Gasteiger partial charge is 0.345 e. The molecule has 0 saturated heterocycles. The molecule has 0 atom stereocenters. The molecule has 1 aliphatic rings. The van der Waals surface area contributed by atoms with Gasteiger partial charge in [0.05, 0.1) is 0 Å². The molecule has 0 aromatic heterocycles. The molecule has 60 valence electrons. The third-order valence-corrected chi connectivity index (χ3v) is 1.57. The number of hydrogen-bond donors (Lipinski definition) is 1. The molecule has 2 nitrogen and oxygen atoms in total. The number of aliphatic imine (C=N–C) groups is 1. The number of allylic oxidation sites excluding steroid dienone is 1. The summed E-state index contributed by atoms with van der Waals surface area (Å²) in [6, 6.07) is 0. The summed E-state index contributed by atoms with van der Waals surface area (Å²) in [6.45, 7) is 10.5. The van der Waals surface area contributed by atoms with Crippen LogP contribution in [0.2, 0.25) is 0 Å². The number of hydrogen-bond acceptors (Lipinski definition) is 2. The van der Waals surface area contributed by atoms with Crippen molar-refractivity contribution < 1.29 is 0 Å². The van der Waals surface area contributed by atoms with Crippen LogP contribution in [0.15, 0.2) is 29.4 Å². The van der Waals surface area contributed by atoms with Gasteiger partial charge in [-0.15, -0.1) is 0 Å². The van der Waals surface area contributed by atoms with Crippen molar-refractivity contribution in [1.29, 1.82) is 0 Å². The van der Waals surface area contributed by atoms with Gasteiger partial charge in [0.25, 0.3) is 0 Å². The van der Waals surface area contributed by atoms with Crippen LogP contribution < -0.4 is 5.32 Å². The fraction of sp³-hybridized carbons (Fsp3) is 0.444. The maximum atomic E-state index is 4.30. The van der Waals surface area contributed by atoms with Gasteiger partial charge < -0.3 is 5.32 Å². The first-order valence-corrected chi connectivity index (χ1v) is 3.85. The molecule has 0 aromatic carbocycles. The topological polar surface area (TPSA) is 24.4 Å².